The molecule has 0 aliphatic carbocycles. The largest absolute Gasteiger partial charge is 0.444 e. The van der Waals surface area contributed by atoms with Crippen LogP contribution in [-0.2, 0) is 17.9 Å². The number of ether oxygens (including phenoxy) is 1. The van der Waals surface area contributed by atoms with Gasteiger partial charge in [-0.15, -0.1) is 6.42 Å². The molecule has 5 nitrogen and oxygen atoms in total. The Labute approximate surface area is 186 Å². The molecule has 1 aromatic heterocycles. The number of rotatable bonds is 6. The normalized spacial score (nSPS) is 10.5. The van der Waals surface area contributed by atoms with Gasteiger partial charge in [0.05, 0.1) is 6.54 Å². The second-order valence-electron chi connectivity index (χ2n) is 7.30. The molecule has 32 heavy (non-hydrogen) atoms. The summed E-state index contributed by atoms with van der Waals surface area (Å²) in [5.41, 5.74) is 3.14. The Hall–Kier alpha value is -4.30. The third-order valence-corrected chi connectivity index (χ3v) is 5.13. The van der Waals surface area contributed by atoms with Crippen molar-refractivity contribution in [3.63, 3.8) is 0 Å². The molecule has 0 aliphatic rings. The molecule has 4 rings (SSSR count). The Morgan fingerprint density at radius 3 is 2.19 bits per heavy atom. The molecule has 0 atom stereocenters. The summed E-state index contributed by atoms with van der Waals surface area (Å²) in [5.74, 6) is 1.90. The Bertz CT molecular complexity index is 1270. The maximum absolute atomic E-state index is 13.5. The van der Waals surface area contributed by atoms with Gasteiger partial charge in [0, 0.05) is 17.4 Å². The summed E-state index contributed by atoms with van der Waals surface area (Å²) < 4.78 is 7.28. The topological polar surface area (TPSA) is 51.5 Å². The molecule has 0 bridgehead atoms. The van der Waals surface area contributed by atoms with Crippen molar-refractivity contribution in [3.05, 3.63) is 108 Å². The molecule has 0 aliphatic heterocycles. The van der Waals surface area contributed by atoms with Crippen LogP contribution in [0.2, 0.25) is 0 Å². The van der Waals surface area contributed by atoms with Crippen molar-refractivity contribution in [2.75, 3.05) is 6.54 Å². The Morgan fingerprint density at radius 2 is 1.50 bits per heavy atom. The van der Waals surface area contributed by atoms with Crippen molar-refractivity contribution >= 4 is 22.9 Å². The van der Waals surface area contributed by atoms with E-state index in [1.54, 1.807) is 6.07 Å². The van der Waals surface area contributed by atoms with Crippen LogP contribution in [-0.4, -0.2) is 28.0 Å². The van der Waals surface area contributed by atoms with E-state index in [4.69, 9.17) is 11.2 Å². The maximum atomic E-state index is 13.5. The smallest absolute Gasteiger partial charge is 0.418 e. The molecule has 2 amide bonds. The van der Waals surface area contributed by atoms with E-state index < -0.39 is 12.0 Å². The summed E-state index contributed by atoms with van der Waals surface area (Å²) in [5, 5.41) is 0.907. The number of carbonyl (C=O) groups excluding carboxylic acids is 2. The number of amides is 2. The molecule has 0 radical (unpaired) electrons. The number of hydrogen-bond acceptors (Lipinski definition) is 3. The molecule has 0 unspecified atom stereocenters. The van der Waals surface area contributed by atoms with Crippen LogP contribution in [0.5, 0.6) is 0 Å². The molecule has 0 saturated heterocycles. The van der Waals surface area contributed by atoms with Crippen LogP contribution in [0.3, 0.4) is 0 Å². The van der Waals surface area contributed by atoms with Gasteiger partial charge in [-0.25, -0.2) is 9.69 Å². The van der Waals surface area contributed by atoms with Crippen LogP contribution in [0, 0.1) is 12.3 Å². The van der Waals surface area contributed by atoms with Gasteiger partial charge in [0.2, 0.25) is 0 Å². The lowest BCUT2D eigenvalue weighted by Crippen LogP contribution is -2.38. The minimum atomic E-state index is -0.770. The van der Waals surface area contributed by atoms with Crippen molar-refractivity contribution in [1.82, 2.24) is 9.47 Å². The predicted molar refractivity (Wildman–Crippen MR) is 124 cm³/mol. The third kappa shape index (κ3) is 4.55. The first kappa shape index (κ1) is 21.0. The minimum Gasteiger partial charge on any atom is -0.444 e. The maximum Gasteiger partial charge on any atom is 0.418 e. The number of hydrogen-bond donors (Lipinski definition) is 0. The van der Waals surface area contributed by atoms with Gasteiger partial charge in [-0.1, -0.05) is 84.8 Å². The van der Waals surface area contributed by atoms with E-state index in [1.165, 1.54) is 0 Å². The molecule has 158 valence electrons. The number of benzene rings is 3. The van der Waals surface area contributed by atoms with E-state index in [0.29, 0.717) is 12.2 Å². The number of para-hydroxylation sites is 1. The van der Waals surface area contributed by atoms with Gasteiger partial charge in [-0.05, 0) is 23.3 Å². The van der Waals surface area contributed by atoms with Crippen LogP contribution >= 0.6 is 0 Å². The van der Waals surface area contributed by atoms with Crippen molar-refractivity contribution in [2.45, 2.75) is 13.2 Å². The highest BCUT2D eigenvalue weighted by Crippen LogP contribution is 2.23. The Balaban J connectivity index is 1.65. The molecule has 0 spiro atoms. The van der Waals surface area contributed by atoms with E-state index in [1.807, 2.05) is 89.5 Å². The molecular formula is C27H22N2O3. The quantitative estimate of drug-likeness (QED) is 0.406. The molecule has 3 aromatic carbocycles. The second-order valence-corrected chi connectivity index (χ2v) is 7.30. The Kier molecular flexibility index (Phi) is 6.33. The summed E-state index contributed by atoms with van der Waals surface area (Å²) in [7, 11) is 0. The molecule has 4 aromatic rings. The summed E-state index contributed by atoms with van der Waals surface area (Å²) >= 11 is 0. The third-order valence-electron chi connectivity index (χ3n) is 5.13. The number of terminal acetylenes is 1. The first-order chi connectivity index (χ1) is 15.7. The van der Waals surface area contributed by atoms with Gasteiger partial charge < -0.3 is 9.30 Å². The zero-order valence-electron chi connectivity index (χ0n) is 17.5. The summed E-state index contributed by atoms with van der Waals surface area (Å²) in [6, 6.07) is 28.6. The van der Waals surface area contributed by atoms with Crippen LogP contribution in [0.4, 0.5) is 4.79 Å². The first-order valence-corrected chi connectivity index (χ1v) is 10.3. The average molecular weight is 422 g/mol. The van der Waals surface area contributed by atoms with E-state index in [-0.39, 0.29) is 13.2 Å². The van der Waals surface area contributed by atoms with E-state index in [0.717, 1.165) is 26.9 Å². The molecule has 5 heteroatoms. The van der Waals surface area contributed by atoms with Gasteiger partial charge in [-0.3, -0.25) is 4.79 Å². The zero-order chi connectivity index (χ0) is 22.3. The predicted octanol–water partition coefficient (Wildman–Crippen LogP) is 5.10. The van der Waals surface area contributed by atoms with E-state index in [2.05, 4.69) is 5.92 Å². The fraction of sp³-hybridized carbons (Fsp3) is 0.111. The molecule has 1 heterocycles. The SMILES string of the molecule is C#CCN(C(=O)OCc1ccccc1)C(=O)c1cc2ccccc2n1Cc1ccccc1. The van der Waals surface area contributed by atoms with Crippen molar-refractivity contribution in [1.29, 1.82) is 0 Å². The lowest BCUT2D eigenvalue weighted by atomic mass is 10.2. The van der Waals surface area contributed by atoms with Gasteiger partial charge in [-0.2, -0.15) is 0 Å². The summed E-state index contributed by atoms with van der Waals surface area (Å²) in [4.78, 5) is 27.2. The minimum absolute atomic E-state index is 0.0566. The lowest BCUT2D eigenvalue weighted by Gasteiger charge is -2.19. The van der Waals surface area contributed by atoms with Gasteiger partial charge in [0.25, 0.3) is 5.91 Å². The fourth-order valence-electron chi connectivity index (χ4n) is 3.57. The summed E-state index contributed by atoms with van der Waals surface area (Å²) in [6.45, 7) is 0.360. The molecule has 0 saturated carbocycles. The van der Waals surface area contributed by atoms with Gasteiger partial charge in [0.15, 0.2) is 0 Å². The Morgan fingerprint density at radius 1 is 0.875 bits per heavy atom. The van der Waals surface area contributed by atoms with Crippen molar-refractivity contribution < 1.29 is 14.3 Å². The highest BCUT2D eigenvalue weighted by Gasteiger charge is 2.27. The summed E-state index contributed by atoms with van der Waals surface area (Å²) in [6.07, 6.45) is 4.70. The van der Waals surface area contributed by atoms with Gasteiger partial charge in [0.1, 0.15) is 12.3 Å². The van der Waals surface area contributed by atoms with Crippen LogP contribution < -0.4 is 0 Å². The van der Waals surface area contributed by atoms with Crippen molar-refractivity contribution in [2.24, 2.45) is 0 Å². The van der Waals surface area contributed by atoms with E-state index in [9.17, 15) is 9.59 Å². The van der Waals surface area contributed by atoms with Gasteiger partial charge >= 0.3 is 6.09 Å². The lowest BCUT2D eigenvalue weighted by molar-refractivity contribution is 0.0660. The number of imide groups is 1. The zero-order valence-corrected chi connectivity index (χ0v) is 17.5. The van der Waals surface area contributed by atoms with Crippen LogP contribution in [0.1, 0.15) is 21.6 Å². The van der Waals surface area contributed by atoms with Crippen LogP contribution in [0.15, 0.2) is 91.0 Å². The van der Waals surface area contributed by atoms with E-state index >= 15 is 0 Å². The number of aromatic nitrogens is 1. The highest BCUT2D eigenvalue weighted by molar-refractivity contribution is 6.05. The molecule has 0 fully saturated rings. The molecular weight excluding hydrogens is 400 g/mol. The first-order valence-electron chi connectivity index (χ1n) is 10.3. The number of nitrogens with zero attached hydrogens (tertiary/aromatic N) is 2. The highest BCUT2D eigenvalue weighted by atomic mass is 16.6. The second kappa shape index (κ2) is 9.67. The van der Waals surface area contributed by atoms with Crippen molar-refractivity contribution in [3.8, 4) is 12.3 Å². The van der Waals surface area contributed by atoms with Crippen LogP contribution in [0.25, 0.3) is 10.9 Å². The average Bonchev–Trinajstić information content (AvgIpc) is 3.20. The number of fused-ring (bicyclic) bond motifs is 1. The standard InChI is InChI=1S/C27H22N2O3/c1-2-17-28(27(31)32-20-22-13-7-4-8-14-22)26(30)25-18-23-15-9-10-16-24(23)29(25)19-21-11-5-3-6-12-21/h1,3-16,18H,17,19-20H2. The number of carbonyl (C=O) groups is 2. The monoisotopic (exact) mass is 422 g/mol. The fourth-order valence-corrected chi connectivity index (χ4v) is 3.57. The molecule has 0 N–H and O–H groups in total.